The summed E-state index contributed by atoms with van der Waals surface area (Å²) in [5.74, 6) is -0.334. The number of ether oxygens (including phenoxy) is 1. The average Bonchev–Trinajstić information content (AvgIpc) is 2.42. The third kappa shape index (κ3) is 7.93. The second kappa shape index (κ2) is 8.82. The van der Waals surface area contributed by atoms with E-state index < -0.39 is 11.7 Å². The van der Waals surface area contributed by atoms with Gasteiger partial charge in [-0.1, -0.05) is 6.92 Å². The summed E-state index contributed by atoms with van der Waals surface area (Å²) in [6.45, 7) is 10.2. The first-order valence-electron chi connectivity index (χ1n) is 8.05. The van der Waals surface area contributed by atoms with Crippen LogP contribution in [0.25, 0.3) is 0 Å². The van der Waals surface area contributed by atoms with Gasteiger partial charge in [-0.05, 0) is 59.2 Å². The number of alkyl carbamates (subject to hydrolysis) is 1. The summed E-state index contributed by atoms with van der Waals surface area (Å²) in [4.78, 5) is 15.8. The highest BCUT2D eigenvalue weighted by molar-refractivity contribution is 5.67. The fourth-order valence-electron chi connectivity index (χ4n) is 2.11. The second-order valence-corrected chi connectivity index (χ2v) is 6.65. The van der Waals surface area contributed by atoms with E-state index in [1.807, 2.05) is 34.6 Å². The van der Waals surface area contributed by atoms with Crippen molar-refractivity contribution in [1.82, 2.24) is 15.6 Å². The first-order valence-corrected chi connectivity index (χ1v) is 8.05. The number of carbonyl (C=O) groups is 1. The van der Waals surface area contributed by atoms with Crippen LogP contribution in [0.15, 0.2) is 18.3 Å². The molecule has 0 saturated heterocycles. The van der Waals surface area contributed by atoms with Crippen LogP contribution in [0.4, 0.5) is 9.18 Å². The number of nitrogens with zero attached hydrogens (tertiary/aromatic N) is 1. The predicted molar refractivity (Wildman–Crippen MR) is 88.7 cm³/mol. The molecule has 1 heterocycles. The minimum atomic E-state index is -0.496. The Morgan fingerprint density at radius 1 is 1.39 bits per heavy atom. The fraction of sp³-hybridized carbons (Fsp3) is 0.647. The van der Waals surface area contributed by atoms with Gasteiger partial charge in [0.05, 0.1) is 11.9 Å². The number of pyridine rings is 1. The molecule has 0 radical (unpaired) electrons. The lowest BCUT2D eigenvalue weighted by Gasteiger charge is -2.22. The smallest absolute Gasteiger partial charge is 0.407 e. The minimum absolute atomic E-state index is 0.00367. The third-order valence-corrected chi connectivity index (χ3v) is 3.25. The normalized spacial score (nSPS) is 14.2. The Morgan fingerprint density at radius 2 is 2.09 bits per heavy atom. The number of carbonyl (C=O) groups excluding carboxylic acids is 1. The average molecular weight is 325 g/mol. The molecule has 6 heteroatoms. The number of hydrogen-bond acceptors (Lipinski definition) is 4. The highest BCUT2D eigenvalue weighted by atomic mass is 19.1. The van der Waals surface area contributed by atoms with E-state index in [0.29, 0.717) is 6.54 Å². The van der Waals surface area contributed by atoms with Crippen molar-refractivity contribution in [2.45, 2.75) is 65.1 Å². The summed E-state index contributed by atoms with van der Waals surface area (Å²) >= 11 is 0. The zero-order chi connectivity index (χ0) is 17.5. The topological polar surface area (TPSA) is 63.2 Å². The van der Waals surface area contributed by atoms with Gasteiger partial charge in [-0.15, -0.1) is 0 Å². The van der Waals surface area contributed by atoms with Gasteiger partial charge in [0.25, 0.3) is 0 Å². The zero-order valence-electron chi connectivity index (χ0n) is 14.6. The molecule has 0 aromatic carbocycles. The van der Waals surface area contributed by atoms with Crippen molar-refractivity contribution >= 4 is 6.09 Å². The Balaban J connectivity index is 2.36. The summed E-state index contributed by atoms with van der Waals surface area (Å²) in [6.07, 6.45) is 2.44. The Labute approximate surface area is 138 Å². The highest BCUT2D eigenvalue weighted by Gasteiger charge is 2.18. The first-order chi connectivity index (χ1) is 10.7. The van der Waals surface area contributed by atoms with Crippen LogP contribution >= 0.6 is 0 Å². The van der Waals surface area contributed by atoms with Gasteiger partial charge in [-0.2, -0.15) is 0 Å². The van der Waals surface area contributed by atoms with Crippen LogP contribution in [0.5, 0.6) is 0 Å². The van der Waals surface area contributed by atoms with Gasteiger partial charge in [0, 0.05) is 12.1 Å². The van der Waals surface area contributed by atoms with Crippen molar-refractivity contribution in [3.8, 4) is 0 Å². The van der Waals surface area contributed by atoms with Crippen molar-refractivity contribution in [3.05, 3.63) is 29.8 Å². The second-order valence-electron chi connectivity index (χ2n) is 6.65. The SMILES string of the molecule is CCC(NCCC(C)NC(=O)OC(C)(C)C)c1ccc(F)cn1. The number of amides is 1. The maximum absolute atomic E-state index is 12.9. The van der Waals surface area contributed by atoms with Gasteiger partial charge >= 0.3 is 6.09 Å². The monoisotopic (exact) mass is 325 g/mol. The van der Waals surface area contributed by atoms with Gasteiger partial charge in [-0.25, -0.2) is 9.18 Å². The summed E-state index contributed by atoms with van der Waals surface area (Å²) in [7, 11) is 0. The summed E-state index contributed by atoms with van der Waals surface area (Å²) < 4.78 is 18.1. The van der Waals surface area contributed by atoms with E-state index in [2.05, 4.69) is 15.6 Å². The fourth-order valence-corrected chi connectivity index (χ4v) is 2.11. The third-order valence-electron chi connectivity index (χ3n) is 3.25. The van der Waals surface area contributed by atoms with Crippen molar-refractivity contribution in [2.75, 3.05) is 6.54 Å². The lowest BCUT2D eigenvalue weighted by atomic mass is 10.1. The molecule has 1 aromatic heterocycles. The van der Waals surface area contributed by atoms with Gasteiger partial charge in [0.1, 0.15) is 11.4 Å². The molecule has 5 nitrogen and oxygen atoms in total. The number of rotatable bonds is 7. The molecule has 0 aliphatic carbocycles. The van der Waals surface area contributed by atoms with Crippen LogP contribution in [0.3, 0.4) is 0 Å². The van der Waals surface area contributed by atoms with Gasteiger partial charge in [0.15, 0.2) is 0 Å². The molecule has 130 valence electrons. The molecular formula is C17H28FN3O2. The van der Waals surface area contributed by atoms with Crippen LogP contribution in [0, 0.1) is 5.82 Å². The van der Waals surface area contributed by atoms with E-state index in [0.717, 1.165) is 18.5 Å². The summed E-state index contributed by atoms with van der Waals surface area (Å²) in [5.41, 5.74) is 0.325. The number of nitrogens with one attached hydrogen (secondary N) is 2. The Hall–Kier alpha value is -1.69. The number of hydrogen-bond donors (Lipinski definition) is 2. The Morgan fingerprint density at radius 3 is 2.61 bits per heavy atom. The lowest BCUT2D eigenvalue weighted by molar-refractivity contribution is 0.0506. The van der Waals surface area contributed by atoms with Crippen molar-refractivity contribution in [3.63, 3.8) is 0 Å². The van der Waals surface area contributed by atoms with E-state index in [9.17, 15) is 9.18 Å². The van der Waals surface area contributed by atoms with Gasteiger partial charge in [-0.3, -0.25) is 4.98 Å². The van der Waals surface area contributed by atoms with Crippen molar-refractivity contribution in [1.29, 1.82) is 0 Å². The molecule has 1 amide bonds. The quantitative estimate of drug-likeness (QED) is 0.804. The van der Waals surface area contributed by atoms with E-state index >= 15 is 0 Å². The largest absolute Gasteiger partial charge is 0.444 e. The van der Waals surface area contributed by atoms with E-state index in [4.69, 9.17) is 4.74 Å². The molecule has 2 unspecified atom stereocenters. The van der Waals surface area contributed by atoms with E-state index in [1.54, 1.807) is 6.07 Å². The predicted octanol–water partition coefficient (Wildman–Crippen LogP) is 3.56. The summed E-state index contributed by atoms with van der Waals surface area (Å²) in [6, 6.07) is 3.18. The molecule has 0 aliphatic rings. The van der Waals surface area contributed by atoms with Gasteiger partial charge in [0.2, 0.25) is 0 Å². The highest BCUT2D eigenvalue weighted by Crippen LogP contribution is 2.14. The van der Waals surface area contributed by atoms with Crippen molar-refractivity contribution in [2.24, 2.45) is 0 Å². The molecular weight excluding hydrogens is 297 g/mol. The van der Waals surface area contributed by atoms with E-state index in [-0.39, 0.29) is 17.9 Å². The Kier molecular flexibility index (Phi) is 7.42. The van der Waals surface area contributed by atoms with Crippen LogP contribution in [0.1, 0.15) is 59.2 Å². The first kappa shape index (κ1) is 19.4. The molecule has 0 aliphatic heterocycles. The maximum atomic E-state index is 12.9. The zero-order valence-corrected chi connectivity index (χ0v) is 14.6. The van der Waals surface area contributed by atoms with E-state index in [1.165, 1.54) is 12.3 Å². The van der Waals surface area contributed by atoms with Crippen LogP contribution in [-0.2, 0) is 4.74 Å². The lowest BCUT2D eigenvalue weighted by Crippen LogP contribution is -2.39. The maximum Gasteiger partial charge on any atom is 0.407 e. The van der Waals surface area contributed by atoms with Gasteiger partial charge < -0.3 is 15.4 Å². The standard InChI is InChI=1S/C17H28FN3O2/c1-6-14(15-8-7-13(18)11-20-15)19-10-9-12(2)21-16(22)23-17(3,4)5/h7-8,11-12,14,19H,6,9-10H2,1-5H3,(H,21,22). The molecule has 0 saturated carbocycles. The molecule has 2 N–H and O–H groups in total. The molecule has 1 aromatic rings. The summed E-state index contributed by atoms with van der Waals surface area (Å²) in [5, 5.41) is 6.19. The van der Waals surface area contributed by atoms with Crippen LogP contribution < -0.4 is 10.6 Å². The molecule has 2 atom stereocenters. The van der Waals surface area contributed by atoms with Crippen LogP contribution in [-0.4, -0.2) is 29.3 Å². The van der Waals surface area contributed by atoms with Crippen molar-refractivity contribution < 1.29 is 13.9 Å². The number of aromatic nitrogens is 1. The minimum Gasteiger partial charge on any atom is -0.444 e. The van der Waals surface area contributed by atoms with Crippen LogP contribution in [0.2, 0.25) is 0 Å². The molecule has 0 bridgehead atoms. The molecule has 0 spiro atoms. The molecule has 23 heavy (non-hydrogen) atoms. The Bertz CT molecular complexity index is 486. The molecule has 0 fully saturated rings. The number of halogens is 1. The molecule has 1 rings (SSSR count).